The first-order valence-corrected chi connectivity index (χ1v) is 11.0. The Morgan fingerprint density at radius 3 is 2.62 bits per heavy atom. The van der Waals surface area contributed by atoms with Gasteiger partial charge in [-0.2, -0.15) is 9.29 Å². The molecule has 0 bridgehead atoms. The minimum absolute atomic E-state index is 0.0578. The first-order valence-electron chi connectivity index (χ1n) is 9.60. The number of aryl methyl sites for hydroxylation is 1. The molecule has 0 aliphatic carbocycles. The van der Waals surface area contributed by atoms with E-state index in [0.717, 1.165) is 24.8 Å². The van der Waals surface area contributed by atoms with E-state index in [1.54, 1.807) is 10.6 Å². The SMILES string of the molecule is Cc1ccc(C=Cc2nc(Cn3cnc(S(=O)(=O)N4CCCCC4)c3)no2)cc1. The van der Waals surface area contributed by atoms with Crippen molar-refractivity contribution >= 4 is 22.2 Å². The lowest BCUT2D eigenvalue weighted by molar-refractivity contribution is 0.345. The Morgan fingerprint density at radius 2 is 1.86 bits per heavy atom. The third kappa shape index (κ3) is 4.63. The maximum atomic E-state index is 12.7. The highest BCUT2D eigenvalue weighted by molar-refractivity contribution is 7.89. The Bertz CT molecular complexity index is 1090. The number of imidazole rings is 1. The van der Waals surface area contributed by atoms with Crippen LogP contribution in [0.1, 0.15) is 42.1 Å². The molecular formula is C20H23N5O3S. The summed E-state index contributed by atoms with van der Waals surface area (Å²) in [7, 11) is -3.54. The van der Waals surface area contributed by atoms with Gasteiger partial charge < -0.3 is 9.09 Å². The summed E-state index contributed by atoms with van der Waals surface area (Å²) >= 11 is 0. The number of aromatic nitrogens is 4. The molecule has 4 rings (SSSR count). The average Bonchev–Trinajstić information content (AvgIpc) is 3.39. The topological polar surface area (TPSA) is 94.1 Å². The van der Waals surface area contributed by atoms with E-state index in [0.29, 0.717) is 24.8 Å². The van der Waals surface area contributed by atoms with Gasteiger partial charge >= 0.3 is 0 Å². The third-order valence-electron chi connectivity index (χ3n) is 4.83. The molecule has 1 fully saturated rings. The molecule has 1 aliphatic heterocycles. The van der Waals surface area contributed by atoms with E-state index in [2.05, 4.69) is 15.1 Å². The van der Waals surface area contributed by atoms with Crippen molar-refractivity contribution in [1.29, 1.82) is 0 Å². The highest BCUT2D eigenvalue weighted by Gasteiger charge is 2.28. The lowest BCUT2D eigenvalue weighted by Crippen LogP contribution is -2.35. The largest absolute Gasteiger partial charge is 0.335 e. The van der Waals surface area contributed by atoms with E-state index in [-0.39, 0.29) is 11.6 Å². The summed E-state index contributed by atoms with van der Waals surface area (Å²) in [5, 5.41) is 4.01. The Morgan fingerprint density at radius 1 is 1.10 bits per heavy atom. The number of hydrogen-bond acceptors (Lipinski definition) is 6. The average molecular weight is 414 g/mol. The van der Waals surface area contributed by atoms with Crippen LogP contribution < -0.4 is 0 Å². The Kier molecular flexibility index (Phi) is 5.59. The molecule has 0 N–H and O–H groups in total. The van der Waals surface area contributed by atoms with E-state index < -0.39 is 10.0 Å². The van der Waals surface area contributed by atoms with Gasteiger partial charge in [-0.3, -0.25) is 0 Å². The fraction of sp³-hybridized carbons (Fsp3) is 0.350. The number of rotatable bonds is 6. The van der Waals surface area contributed by atoms with Gasteiger partial charge in [0.05, 0.1) is 12.9 Å². The van der Waals surface area contributed by atoms with Crippen molar-refractivity contribution in [3.05, 3.63) is 59.6 Å². The standard InChI is InChI=1S/C20H23N5O3S/c1-16-5-7-17(8-6-16)9-10-19-22-18(23-28-19)13-24-14-20(21-15-24)29(26,27)25-11-3-2-4-12-25/h5-10,14-15H,2-4,11-13H2,1H3. The predicted molar refractivity (Wildman–Crippen MR) is 108 cm³/mol. The molecule has 0 unspecified atom stereocenters. The molecule has 3 aromatic rings. The quantitative estimate of drug-likeness (QED) is 0.617. The predicted octanol–water partition coefficient (Wildman–Crippen LogP) is 2.97. The second kappa shape index (κ2) is 8.30. The molecule has 0 atom stereocenters. The fourth-order valence-electron chi connectivity index (χ4n) is 3.20. The molecule has 1 aromatic carbocycles. The highest BCUT2D eigenvalue weighted by atomic mass is 32.2. The molecule has 9 heteroatoms. The summed E-state index contributed by atoms with van der Waals surface area (Å²) in [4.78, 5) is 8.41. The summed E-state index contributed by atoms with van der Waals surface area (Å²) in [5.74, 6) is 0.842. The first-order chi connectivity index (χ1) is 14.0. The lowest BCUT2D eigenvalue weighted by atomic mass is 10.1. The van der Waals surface area contributed by atoms with Gasteiger partial charge in [0.15, 0.2) is 10.9 Å². The zero-order valence-electron chi connectivity index (χ0n) is 16.2. The van der Waals surface area contributed by atoms with Crippen molar-refractivity contribution in [1.82, 2.24) is 24.0 Å². The number of benzene rings is 1. The van der Waals surface area contributed by atoms with Crippen LogP contribution in [0.5, 0.6) is 0 Å². The molecule has 0 amide bonds. The monoisotopic (exact) mass is 413 g/mol. The van der Waals surface area contributed by atoms with Gasteiger partial charge in [-0.05, 0) is 31.4 Å². The second-order valence-corrected chi connectivity index (χ2v) is 9.03. The third-order valence-corrected chi connectivity index (χ3v) is 6.62. The molecule has 2 aromatic heterocycles. The van der Waals surface area contributed by atoms with Gasteiger partial charge in [-0.1, -0.05) is 41.4 Å². The van der Waals surface area contributed by atoms with Gasteiger partial charge in [-0.25, -0.2) is 13.4 Å². The van der Waals surface area contributed by atoms with E-state index >= 15 is 0 Å². The van der Waals surface area contributed by atoms with Crippen LogP contribution in [-0.2, 0) is 16.6 Å². The van der Waals surface area contributed by atoms with Crippen LogP contribution in [0.3, 0.4) is 0 Å². The second-order valence-electron chi connectivity index (χ2n) is 7.14. The van der Waals surface area contributed by atoms with E-state index in [1.807, 2.05) is 37.3 Å². The lowest BCUT2D eigenvalue weighted by Gasteiger charge is -2.24. The van der Waals surface area contributed by atoms with Gasteiger partial charge in [0.2, 0.25) is 0 Å². The van der Waals surface area contributed by atoms with Crippen LogP contribution in [0.4, 0.5) is 0 Å². The molecule has 0 saturated carbocycles. The van der Waals surface area contributed by atoms with Crippen LogP contribution in [0.15, 0.2) is 46.3 Å². The van der Waals surface area contributed by atoms with Crippen molar-refractivity contribution < 1.29 is 12.9 Å². The van der Waals surface area contributed by atoms with Crippen molar-refractivity contribution in [3.8, 4) is 0 Å². The summed E-state index contributed by atoms with van der Waals surface area (Å²) in [5.41, 5.74) is 2.24. The molecule has 0 radical (unpaired) electrons. The van der Waals surface area contributed by atoms with E-state index in [9.17, 15) is 8.42 Å². The summed E-state index contributed by atoms with van der Waals surface area (Å²) < 4.78 is 33.8. The van der Waals surface area contributed by atoms with Crippen LogP contribution >= 0.6 is 0 Å². The molecule has 29 heavy (non-hydrogen) atoms. The molecular weight excluding hydrogens is 390 g/mol. The molecule has 1 saturated heterocycles. The molecule has 152 valence electrons. The van der Waals surface area contributed by atoms with Crippen LogP contribution in [0, 0.1) is 6.92 Å². The zero-order valence-corrected chi connectivity index (χ0v) is 17.0. The minimum atomic E-state index is -3.54. The summed E-state index contributed by atoms with van der Waals surface area (Å²) in [6.45, 7) is 3.43. The van der Waals surface area contributed by atoms with Crippen LogP contribution in [-0.4, -0.2) is 45.5 Å². The number of hydrogen-bond donors (Lipinski definition) is 0. The van der Waals surface area contributed by atoms with Crippen LogP contribution in [0.25, 0.3) is 12.2 Å². The maximum absolute atomic E-state index is 12.7. The van der Waals surface area contributed by atoms with Gasteiger partial charge in [-0.15, -0.1) is 0 Å². The van der Waals surface area contributed by atoms with Gasteiger partial charge in [0, 0.05) is 25.4 Å². The Balaban J connectivity index is 1.42. The molecule has 3 heterocycles. The van der Waals surface area contributed by atoms with Crippen LogP contribution in [0.2, 0.25) is 0 Å². The molecule has 8 nitrogen and oxygen atoms in total. The van der Waals surface area contributed by atoms with E-state index in [1.165, 1.54) is 22.4 Å². The summed E-state index contributed by atoms with van der Waals surface area (Å²) in [6, 6.07) is 8.10. The number of nitrogens with zero attached hydrogens (tertiary/aromatic N) is 5. The van der Waals surface area contributed by atoms with Gasteiger partial charge in [0.1, 0.15) is 0 Å². The van der Waals surface area contributed by atoms with Crippen molar-refractivity contribution in [2.24, 2.45) is 0 Å². The highest BCUT2D eigenvalue weighted by Crippen LogP contribution is 2.19. The van der Waals surface area contributed by atoms with Crippen molar-refractivity contribution in [2.45, 2.75) is 37.8 Å². The van der Waals surface area contributed by atoms with E-state index in [4.69, 9.17) is 4.52 Å². The normalized spacial score (nSPS) is 15.9. The smallest absolute Gasteiger partial charge is 0.262 e. The Hall–Kier alpha value is -2.78. The maximum Gasteiger partial charge on any atom is 0.262 e. The van der Waals surface area contributed by atoms with Crippen molar-refractivity contribution in [2.75, 3.05) is 13.1 Å². The fourth-order valence-corrected chi connectivity index (χ4v) is 4.66. The zero-order chi connectivity index (χ0) is 20.3. The van der Waals surface area contributed by atoms with Crippen molar-refractivity contribution in [3.63, 3.8) is 0 Å². The Labute approximate surface area is 169 Å². The molecule has 1 aliphatic rings. The van der Waals surface area contributed by atoms with Gasteiger partial charge in [0.25, 0.3) is 15.9 Å². The molecule has 0 spiro atoms. The summed E-state index contributed by atoms with van der Waals surface area (Å²) in [6.07, 6.45) is 9.50. The number of piperidine rings is 1. The minimum Gasteiger partial charge on any atom is -0.335 e. The first kappa shape index (κ1) is 19.5. The number of sulfonamides is 1.